The Morgan fingerprint density at radius 1 is 1.38 bits per heavy atom. The summed E-state index contributed by atoms with van der Waals surface area (Å²) in [4.78, 5) is 4.13. The van der Waals surface area contributed by atoms with Crippen molar-refractivity contribution in [2.45, 2.75) is 0 Å². The second-order valence-corrected chi connectivity index (χ2v) is 3.90. The van der Waals surface area contributed by atoms with Crippen LogP contribution in [0.2, 0.25) is 5.02 Å². The van der Waals surface area contributed by atoms with Gasteiger partial charge in [-0.15, -0.1) is 0 Å². The summed E-state index contributed by atoms with van der Waals surface area (Å²) in [5.41, 5.74) is 0. The average molecular weight is 306 g/mol. The third kappa shape index (κ3) is 1.83. The maximum absolute atomic E-state index is 5.94. The molecule has 0 bridgehead atoms. The van der Waals surface area contributed by atoms with E-state index in [4.69, 9.17) is 11.6 Å². The molecule has 2 heterocycles. The predicted octanol–water partition coefficient (Wildman–Crippen LogP) is 2.53. The van der Waals surface area contributed by atoms with Crippen LogP contribution in [0.3, 0.4) is 0 Å². The molecule has 2 rings (SSSR count). The number of rotatable bonds is 1. The molecular weight excluding hydrogens is 300 g/mol. The topological polar surface area (TPSA) is 30.7 Å². The van der Waals surface area contributed by atoms with Crippen LogP contribution in [0, 0.1) is 3.70 Å². The van der Waals surface area contributed by atoms with E-state index >= 15 is 0 Å². The van der Waals surface area contributed by atoms with Crippen molar-refractivity contribution in [3.05, 3.63) is 39.3 Å². The van der Waals surface area contributed by atoms with Gasteiger partial charge in [0.15, 0.2) is 5.82 Å². The number of nitrogens with zero attached hydrogens (tertiary/aromatic N) is 3. The van der Waals surface area contributed by atoms with E-state index in [2.05, 4.69) is 32.7 Å². The van der Waals surface area contributed by atoms with Crippen molar-refractivity contribution in [3.63, 3.8) is 0 Å². The highest BCUT2D eigenvalue weighted by molar-refractivity contribution is 14.1. The first-order valence-electron chi connectivity index (χ1n) is 3.59. The minimum Gasteiger partial charge on any atom is -0.236 e. The van der Waals surface area contributed by atoms with E-state index in [-0.39, 0.29) is 0 Å². The fraction of sp³-hybridized carbons (Fsp3) is 0. The van der Waals surface area contributed by atoms with Gasteiger partial charge in [0.25, 0.3) is 0 Å². The summed E-state index contributed by atoms with van der Waals surface area (Å²) in [5.74, 6) is 0.659. The predicted molar refractivity (Wildman–Crippen MR) is 59.1 cm³/mol. The average Bonchev–Trinajstić information content (AvgIpc) is 2.53. The minimum atomic E-state index is 0.599. The van der Waals surface area contributed by atoms with E-state index in [0.717, 1.165) is 3.70 Å². The van der Waals surface area contributed by atoms with Gasteiger partial charge >= 0.3 is 0 Å². The Bertz CT molecular complexity index is 427. The molecule has 0 unspecified atom stereocenters. The first kappa shape index (κ1) is 8.96. The van der Waals surface area contributed by atoms with Crippen LogP contribution in [0.25, 0.3) is 5.82 Å². The molecule has 0 radical (unpaired) electrons. The van der Waals surface area contributed by atoms with Gasteiger partial charge in [0.2, 0.25) is 0 Å². The van der Waals surface area contributed by atoms with E-state index in [1.54, 1.807) is 23.0 Å². The normalized spacial score (nSPS) is 10.3. The molecule has 13 heavy (non-hydrogen) atoms. The zero-order valence-electron chi connectivity index (χ0n) is 6.48. The lowest BCUT2D eigenvalue weighted by molar-refractivity contribution is 0.838. The van der Waals surface area contributed by atoms with Gasteiger partial charge in [-0.2, -0.15) is 5.10 Å². The van der Waals surface area contributed by atoms with Crippen molar-refractivity contribution in [2.75, 3.05) is 0 Å². The summed E-state index contributed by atoms with van der Waals surface area (Å²) in [6.45, 7) is 0. The van der Waals surface area contributed by atoms with Crippen LogP contribution in [0.5, 0.6) is 0 Å². The molecule has 0 fully saturated rings. The highest BCUT2D eigenvalue weighted by Gasteiger charge is 2.03. The number of aromatic nitrogens is 3. The SMILES string of the molecule is Clc1cccnc1-n1ccc(I)n1. The van der Waals surface area contributed by atoms with Gasteiger partial charge < -0.3 is 0 Å². The van der Waals surface area contributed by atoms with Gasteiger partial charge in [0.1, 0.15) is 3.70 Å². The first-order valence-corrected chi connectivity index (χ1v) is 5.05. The lowest BCUT2D eigenvalue weighted by Gasteiger charge is -2.00. The van der Waals surface area contributed by atoms with Crippen molar-refractivity contribution in [1.29, 1.82) is 0 Å². The molecule has 0 saturated heterocycles. The number of pyridine rings is 1. The monoisotopic (exact) mass is 305 g/mol. The maximum atomic E-state index is 5.94. The molecule has 66 valence electrons. The van der Waals surface area contributed by atoms with E-state index in [1.165, 1.54) is 0 Å². The smallest absolute Gasteiger partial charge is 0.172 e. The summed E-state index contributed by atoms with van der Waals surface area (Å²) < 4.78 is 2.57. The maximum Gasteiger partial charge on any atom is 0.172 e. The van der Waals surface area contributed by atoms with Crippen LogP contribution in [-0.4, -0.2) is 14.8 Å². The zero-order chi connectivity index (χ0) is 9.26. The van der Waals surface area contributed by atoms with Gasteiger partial charge in [0.05, 0.1) is 5.02 Å². The third-order valence-electron chi connectivity index (χ3n) is 1.51. The van der Waals surface area contributed by atoms with Crippen molar-refractivity contribution >= 4 is 34.2 Å². The molecule has 0 amide bonds. The van der Waals surface area contributed by atoms with Gasteiger partial charge in [-0.25, -0.2) is 9.67 Å². The molecule has 0 aromatic carbocycles. The fourth-order valence-electron chi connectivity index (χ4n) is 0.966. The highest BCUT2D eigenvalue weighted by atomic mass is 127. The van der Waals surface area contributed by atoms with Crippen LogP contribution in [-0.2, 0) is 0 Å². The molecule has 0 saturated carbocycles. The molecule has 3 nitrogen and oxygen atoms in total. The lowest BCUT2D eigenvalue weighted by Crippen LogP contribution is -1.98. The Morgan fingerprint density at radius 3 is 2.85 bits per heavy atom. The third-order valence-corrected chi connectivity index (χ3v) is 2.38. The fourth-order valence-corrected chi connectivity index (χ4v) is 1.57. The van der Waals surface area contributed by atoms with Crippen molar-refractivity contribution in [1.82, 2.24) is 14.8 Å². The Balaban J connectivity index is 2.52. The standard InChI is InChI=1S/C8H5ClIN3/c9-6-2-1-4-11-8(6)13-5-3-7(10)12-13/h1-5H. The van der Waals surface area contributed by atoms with Crippen LogP contribution in [0.1, 0.15) is 0 Å². The van der Waals surface area contributed by atoms with Crippen LogP contribution in [0.4, 0.5) is 0 Å². The molecular formula is C8H5ClIN3. The van der Waals surface area contributed by atoms with Gasteiger partial charge in [-0.05, 0) is 40.8 Å². The molecule has 2 aromatic rings. The van der Waals surface area contributed by atoms with Crippen LogP contribution in [0.15, 0.2) is 30.6 Å². The molecule has 0 spiro atoms. The summed E-state index contributed by atoms with van der Waals surface area (Å²) in [6, 6.07) is 5.48. The zero-order valence-corrected chi connectivity index (χ0v) is 9.40. The Labute approximate surface area is 93.9 Å². The van der Waals surface area contributed by atoms with Crippen molar-refractivity contribution < 1.29 is 0 Å². The second kappa shape index (κ2) is 3.63. The number of hydrogen-bond acceptors (Lipinski definition) is 2. The highest BCUT2D eigenvalue weighted by Crippen LogP contribution is 2.16. The first-order chi connectivity index (χ1) is 6.27. The van der Waals surface area contributed by atoms with E-state index in [1.807, 2.05) is 12.3 Å². The molecule has 0 aliphatic heterocycles. The van der Waals surface area contributed by atoms with Gasteiger partial charge in [0, 0.05) is 12.4 Å². The quantitative estimate of drug-likeness (QED) is 0.758. The second-order valence-electron chi connectivity index (χ2n) is 2.39. The largest absolute Gasteiger partial charge is 0.236 e. The Hall–Kier alpha value is -0.620. The van der Waals surface area contributed by atoms with Gasteiger partial charge in [-0.1, -0.05) is 11.6 Å². The van der Waals surface area contributed by atoms with E-state index < -0.39 is 0 Å². The van der Waals surface area contributed by atoms with Crippen molar-refractivity contribution in [3.8, 4) is 5.82 Å². The van der Waals surface area contributed by atoms with Crippen LogP contribution >= 0.6 is 34.2 Å². The van der Waals surface area contributed by atoms with Gasteiger partial charge in [-0.3, -0.25) is 0 Å². The Morgan fingerprint density at radius 2 is 2.23 bits per heavy atom. The number of halogens is 2. The molecule has 0 N–H and O–H groups in total. The summed E-state index contributed by atoms with van der Waals surface area (Å²) in [5, 5.41) is 4.80. The lowest BCUT2D eigenvalue weighted by atomic mass is 10.4. The minimum absolute atomic E-state index is 0.599. The van der Waals surface area contributed by atoms with E-state index in [9.17, 15) is 0 Å². The Kier molecular flexibility index (Phi) is 2.50. The summed E-state index contributed by atoms with van der Waals surface area (Å²) in [7, 11) is 0. The van der Waals surface area contributed by atoms with Crippen molar-refractivity contribution in [2.24, 2.45) is 0 Å². The summed E-state index contributed by atoms with van der Waals surface area (Å²) in [6.07, 6.45) is 3.52. The summed E-state index contributed by atoms with van der Waals surface area (Å²) >= 11 is 8.08. The van der Waals surface area contributed by atoms with E-state index in [0.29, 0.717) is 10.8 Å². The molecule has 5 heteroatoms. The van der Waals surface area contributed by atoms with Crippen LogP contribution < -0.4 is 0 Å². The molecule has 0 aliphatic carbocycles. The molecule has 0 aliphatic rings. The number of hydrogen-bond donors (Lipinski definition) is 0. The molecule has 2 aromatic heterocycles. The molecule has 0 atom stereocenters.